The normalized spacial score (nSPS) is 13.0. The predicted molar refractivity (Wildman–Crippen MR) is 96.6 cm³/mol. The van der Waals surface area contributed by atoms with Crippen molar-refractivity contribution >= 4 is 0 Å². The predicted octanol–water partition coefficient (Wildman–Crippen LogP) is 5.26. The average molecular weight is 306 g/mol. The molecule has 1 aromatic carbocycles. The number of benzene rings is 1. The molecule has 0 aliphatic heterocycles. The van der Waals surface area contributed by atoms with Crippen LogP contribution in [-0.2, 0) is 12.0 Å². The van der Waals surface area contributed by atoms with E-state index in [0.29, 0.717) is 5.75 Å². The summed E-state index contributed by atoms with van der Waals surface area (Å²) in [5.41, 5.74) is 3.77. The molecule has 2 nitrogen and oxygen atoms in total. The van der Waals surface area contributed by atoms with Crippen molar-refractivity contribution < 1.29 is 5.11 Å². The van der Waals surface area contributed by atoms with Crippen molar-refractivity contribution in [2.24, 2.45) is 5.41 Å². The second kappa shape index (κ2) is 7.04. The number of aryl methyl sites for hydroxylation is 1. The zero-order valence-corrected chi connectivity index (χ0v) is 15.9. The summed E-state index contributed by atoms with van der Waals surface area (Å²) in [5, 5.41) is 10.4. The van der Waals surface area contributed by atoms with Crippen LogP contribution in [0.5, 0.6) is 5.75 Å². The number of hydrogen-bond acceptors (Lipinski definition) is 2. The van der Waals surface area contributed by atoms with Crippen molar-refractivity contribution in [3.63, 3.8) is 0 Å². The van der Waals surface area contributed by atoms with Crippen molar-refractivity contribution in [3.8, 4) is 5.75 Å². The minimum atomic E-state index is 0.106. The highest BCUT2D eigenvalue weighted by molar-refractivity contribution is 5.45. The lowest BCUT2D eigenvalue weighted by Crippen LogP contribution is -2.26. The third-order valence-corrected chi connectivity index (χ3v) is 4.42. The van der Waals surface area contributed by atoms with Crippen LogP contribution in [0.3, 0.4) is 0 Å². The fourth-order valence-electron chi connectivity index (χ4n) is 3.48. The summed E-state index contributed by atoms with van der Waals surface area (Å²) in [6.07, 6.45) is 1.12. The van der Waals surface area contributed by atoms with Crippen molar-refractivity contribution in [3.05, 3.63) is 28.8 Å². The first-order chi connectivity index (χ1) is 10.00. The Balaban J connectivity index is 3.20. The Morgan fingerprint density at radius 3 is 2.00 bits per heavy atom. The third-order valence-electron chi connectivity index (χ3n) is 4.42. The fraction of sp³-hybridized carbons (Fsp3) is 0.700. The third kappa shape index (κ3) is 5.01. The van der Waals surface area contributed by atoms with Crippen LogP contribution in [0.15, 0.2) is 12.1 Å². The van der Waals surface area contributed by atoms with Gasteiger partial charge in [-0.25, -0.2) is 0 Å². The SMILES string of the molecule is CCN(CC)Cc1cc(C(C)(C)CC(C)(C)C)cc(C)c1O. The molecular weight excluding hydrogens is 270 g/mol. The second-order valence-corrected chi connectivity index (χ2v) is 8.38. The first-order valence-corrected chi connectivity index (χ1v) is 8.55. The number of rotatable bonds is 6. The van der Waals surface area contributed by atoms with E-state index in [-0.39, 0.29) is 10.8 Å². The Morgan fingerprint density at radius 2 is 1.55 bits per heavy atom. The molecule has 126 valence electrons. The molecule has 1 rings (SSSR count). The highest BCUT2D eigenvalue weighted by Gasteiger charge is 2.28. The standard InChI is InChI=1S/C20H35NO/c1-9-21(10-2)13-16-12-17(11-15(3)18(16)22)20(7,8)14-19(4,5)6/h11-12,22H,9-10,13-14H2,1-8H3. The molecule has 0 aliphatic rings. The Hall–Kier alpha value is -1.02. The Kier molecular flexibility index (Phi) is 6.09. The smallest absolute Gasteiger partial charge is 0.122 e. The summed E-state index contributed by atoms with van der Waals surface area (Å²) in [4.78, 5) is 2.34. The van der Waals surface area contributed by atoms with Crippen LogP contribution in [-0.4, -0.2) is 23.1 Å². The van der Waals surface area contributed by atoms with Gasteiger partial charge in [-0.05, 0) is 48.4 Å². The van der Waals surface area contributed by atoms with Gasteiger partial charge in [0.15, 0.2) is 0 Å². The van der Waals surface area contributed by atoms with Gasteiger partial charge in [0.2, 0.25) is 0 Å². The van der Waals surface area contributed by atoms with Gasteiger partial charge in [-0.3, -0.25) is 4.90 Å². The molecule has 1 aromatic rings. The number of phenols is 1. The molecule has 0 saturated carbocycles. The van der Waals surface area contributed by atoms with Gasteiger partial charge in [0, 0.05) is 12.1 Å². The summed E-state index contributed by atoms with van der Waals surface area (Å²) < 4.78 is 0. The van der Waals surface area contributed by atoms with Gasteiger partial charge in [-0.2, -0.15) is 0 Å². The molecule has 0 atom stereocenters. The summed E-state index contributed by atoms with van der Waals surface area (Å²) in [6.45, 7) is 20.7. The van der Waals surface area contributed by atoms with Gasteiger partial charge in [0.1, 0.15) is 5.75 Å². The highest BCUT2D eigenvalue weighted by Crippen LogP contribution is 2.38. The zero-order chi connectivity index (χ0) is 17.1. The van der Waals surface area contributed by atoms with Gasteiger partial charge in [-0.15, -0.1) is 0 Å². The quantitative estimate of drug-likeness (QED) is 0.775. The van der Waals surface area contributed by atoms with E-state index < -0.39 is 0 Å². The average Bonchev–Trinajstić information content (AvgIpc) is 2.37. The lowest BCUT2D eigenvalue weighted by Gasteiger charge is -2.34. The molecule has 0 heterocycles. The summed E-state index contributed by atoms with van der Waals surface area (Å²) in [5.74, 6) is 0.460. The maximum absolute atomic E-state index is 10.4. The second-order valence-electron chi connectivity index (χ2n) is 8.38. The molecule has 0 amide bonds. The summed E-state index contributed by atoms with van der Waals surface area (Å²) in [6, 6.07) is 4.37. The van der Waals surface area contributed by atoms with Crippen LogP contribution in [0, 0.1) is 12.3 Å². The first-order valence-electron chi connectivity index (χ1n) is 8.55. The molecule has 0 unspecified atom stereocenters. The van der Waals surface area contributed by atoms with E-state index >= 15 is 0 Å². The van der Waals surface area contributed by atoms with Gasteiger partial charge in [0.25, 0.3) is 0 Å². The van der Waals surface area contributed by atoms with Gasteiger partial charge in [0.05, 0.1) is 0 Å². The van der Waals surface area contributed by atoms with Gasteiger partial charge in [-0.1, -0.05) is 60.6 Å². The maximum Gasteiger partial charge on any atom is 0.122 e. The number of aromatic hydroxyl groups is 1. The van der Waals surface area contributed by atoms with E-state index in [9.17, 15) is 5.11 Å². The minimum Gasteiger partial charge on any atom is -0.507 e. The lowest BCUT2D eigenvalue weighted by molar-refractivity contribution is 0.280. The summed E-state index contributed by atoms with van der Waals surface area (Å²) in [7, 11) is 0. The highest BCUT2D eigenvalue weighted by atomic mass is 16.3. The van der Waals surface area contributed by atoms with E-state index in [4.69, 9.17) is 0 Å². The maximum atomic E-state index is 10.4. The topological polar surface area (TPSA) is 23.5 Å². The molecule has 22 heavy (non-hydrogen) atoms. The molecule has 0 spiro atoms. The fourth-order valence-corrected chi connectivity index (χ4v) is 3.48. The zero-order valence-electron chi connectivity index (χ0n) is 15.9. The van der Waals surface area contributed by atoms with E-state index in [2.05, 4.69) is 65.5 Å². The molecular formula is C20H35NO. The van der Waals surface area contributed by atoms with Gasteiger partial charge >= 0.3 is 0 Å². The summed E-state index contributed by atoms with van der Waals surface area (Å²) >= 11 is 0. The number of hydrogen-bond donors (Lipinski definition) is 1. The molecule has 0 aliphatic carbocycles. The van der Waals surface area contributed by atoms with E-state index in [1.807, 2.05) is 6.92 Å². The molecule has 2 heteroatoms. The van der Waals surface area contributed by atoms with Crippen LogP contribution in [0.25, 0.3) is 0 Å². The van der Waals surface area contributed by atoms with Crippen molar-refractivity contribution in [2.75, 3.05) is 13.1 Å². The van der Waals surface area contributed by atoms with Crippen molar-refractivity contribution in [1.82, 2.24) is 4.90 Å². The van der Waals surface area contributed by atoms with Crippen LogP contribution in [0.2, 0.25) is 0 Å². The Labute approximate surface area is 137 Å². The molecule has 0 fully saturated rings. The van der Waals surface area contributed by atoms with Gasteiger partial charge < -0.3 is 5.11 Å². The molecule has 0 radical (unpaired) electrons. The number of phenolic OH excluding ortho intramolecular Hbond substituents is 1. The van der Waals surface area contributed by atoms with E-state index in [1.54, 1.807) is 0 Å². The largest absolute Gasteiger partial charge is 0.507 e. The van der Waals surface area contributed by atoms with E-state index in [0.717, 1.165) is 37.2 Å². The van der Waals surface area contributed by atoms with Crippen molar-refractivity contribution in [2.45, 2.75) is 73.8 Å². The molecule has 0 saturated heterocycles. The monoisotopic (exact) mass is 305 g/mol. The Bertz CT molecular complexity index is 493. The van der Waals surface area contributed by atoms with Crippen LogP contribution >= 0.6 is 0 Å². The van der Waals surface area contributed by atoms with Crippen molar-refractivity contribution in [1.29, 1.82) is 0 Å². The van der Waals surface area contributed by atoms with E-state index in [1.165, 1.54) is 5.56 Å². The van der Waals surface area contributed by atoms with Crippen LogP contribution in [0.4, 0.5) is 0 Å². The first kappa shape index (κ1) is 19.0. The van der Waals surface area contributed by atoms with Crippen LogP contribution in [0.1, 0.15) is 71.6 Å². The lowest BCUT2D eigenvalue weighted by atomic mass is 9.71. The molecule has 0 bridgehead atoms. The minimum absolute atomic E-state index is 0.106. The van der Waals surface area contributed by atoms with Crippen LogP contribution < -0.4 is 0 Å². The molecule has 1 N–H and O–H groups in total. The molecule has 0 aromatic heterocycles. The number of nitrogens with zero attached hydrogens (tertiary/aromatic N) is 1. The Morgan fingerprint density at radius 1 is 1.00 bits per heavy atom.